The summed E-state index contributed by atoms with van der Waals surface area (Å²) in [5.41, 5.74) is 0.461. The summed E-state index contributed by atoms with van der Waals surface area (Å²) < 4.78 is 12.6. The molecule has 2 rings (SSSR count). The molecular weight excluding hydrogens is 207 g/mol. The Labute approximate surface area is 94.3 Å². The van der Waals surface area contributed by atoms with Crippen molar-refractivity contribution in [3.8, 4) is 0 Å². The highest BCUT2D eigenvalue weighted by Crippen LogP contribution is 2.23. The lowest BCUT2D eigenvalue weighted by Crippen LogP contribution is -2.34. The van der Waals surface area contributed by atoms with Crippen LogP contribution < -0.4 is 0 Å². The van der Waals surface area contributed by atoms with E-state index >= 15 is 0 Å². The van der Waals surface area contributed by atoms with Crippen LogP contribution in [0.5, 0.6) is 0 Å². The lowest BCUT2D eigenvalue weighted by Gasteiger charge is -2.21. The van der Waals surface area contributed by atoms with Gasteiger partial charge in [-0.1, -0.05) is 6.92 Å². The Morgan fingerprint density at radius 1 is 1.50 bits per heavy atom. The Hall–Kier alpha value is -1.45. The number of pyridine rings is 1. The van der Waals surface area contributed by atoms with Crippen LogP contribution in [0.3, 0.4) is 0 Å². The van der Waals surface area contributed by atoms with Crippen molar-refractivity contribution < 1.29 is 9.18 Å². The van der Waals surface area contributed by atoms with Crippen LogP contribution in [-0.2, 0) is 0 Å². The lowest BCUT2D eigenvalue weighted by molar-refractivity contribution is 0.0743. The standard InChI is InChI=1S/C12H15FN2O/c1-8-5-9(2)15(7-8)12(16)10-3-4-11(13)14-6-10/h3-4,6,8-9H,5,7H2,1-2H3. The van der Waals surface area contributed by atoms with Crippen molar-refractivity contribution in [3.05, 3.63) is 29.8 Å². The van der Waals surface area contributed by atoms with Gasteiger partial charge in [0.2, 0.25) is 5.95 Å². The third kappa shape index (κ3) is 2.05. The summed E-state index contributed by atoms with van der Waals surface area (Å²) >= 11 is 0. The first-order valence-electron chi connectivity index (χ1n) is 5.50. The molecule has 3 nitrogen and oxygen atoms in total. The van der Waals surface area contributed by atoms with E-state index in [1.54, 1.807) is 0 Å². The van der Waals surface area contributed by atoms with E-state index in [0.717, 1.165) is 13.0 Å². The van der Waals surface area contributed by atoms with Crippen molar-refractivity contribution in [2.45, 2.75) is 26.3 Å². The second-order valence-electron chi connectivity index (χ2n) is 4.52. The third-order valence-corrected chi connectivity index (χ3v) is 3.02. The van der Waals surface area contributed by atoms with E-state index in [1.807, 2.05) is 11.8 Å². The zero-order valence-electron chi connectivity index (χ0n) is 9.48. The molecule has 1 aromatic heterocycles. The molecular formula is C12H15FN2O. The van der Waals surface area contributed by atoms with Crippen molar-refractivity contribution in [1.82, 2.24) is 9.88 Å². The maximum atomic E-state index is 12.6. The molecule has 2 unspecified atom stereocenters. The number of likely N-dealkylation sites (tertiary alicyclic amines) is 1. The fourth-order valence-electron chi connectivity index (χ4n) is 2.25. The fraction of sp³-hybridized carbons (Fsp3) is 0.500. The van der Waals surface area contributed by atoms with E-state index in [4.69, 9.17) is 0 Å². The molecule has 0 spiro atoms. The largest absolute Gasteiger partial charge is 0.336 e. The number of aromatic nitrogens is 1. The van der Waals surface area contributed by atoms with E-state index in [1.165, 1.54) is 18.3 Å². The van der Waals surface area contributed by atoms with Gasteiger partial charge in [-0.15, -0.1) is 0 Å². The number of carbonyl (C=O) groups is 1. The number of rotatable bonds is 1. The van der Waals surface area contributed by atoms with E-state index in [0.29, 0.717) is 11.5 Å². The number of hydrogen-bond acceptors (Lipinski definition) is 2. The van der Waals surface area contributed by atoms with Crippen molar-refractivity contribution in [1.29, 1.82) is 0 Å². The van der Waals surface area contributed by atoms with Gasteiger partial charge in [-0.25, -0.2) is 4.98 Å². The van der Waals surface area contributed by atoms with Crippen LogP contribution in [0.1, 0.15) is 30.6 Å². The molecule has 1 amide bonds. The second kappa shape index (κ2) is 4.20. The van der Waals surface area contributed by atoms with Gasteiger partial charge in [0.05, 0.1) is 5.56 Å². The molecule has 86 valence electrons. The molecule has 0 aliphatic carbocycles. The second-order valence-corrected chi connectivity index (χ2v) is 4.52. The van der Waals surface area contributed by atoms with E-state index in [2.05, 4.69) is 11.9 Å². The molecule has 0 bridgehead atoms. The third-order valence-electron chi connectivity index (χ3n) is 3.02. The smallest absolute Gasteiger partial charge is 0.255 e. The summed E-state index contributed by atoms with van der Waals surface area (Å²) in [6, 6.07) is 2.96. The van der Waals surface area contributed by atoms with Gasteiger partial charge in [0.1, 0.15) is 0 Å². The van der Waals surface area contributed by atoms with Gasteiger partial charge in [0.15, 0.2) is 0 Å². The number of halogens is 1. The van der Waals surface area contributed by atoms with Crippen molar-refractivity contribution in [2.75, 3.05) is 6.54 Å². The van der Waals surface area contributed by atoms with E-state index in [-0.39, 0.29) is 11.9 Å². The minimum absolute atomic E-state index is 0.0515. The summed E-state index contributed by atoms with van der Waals surface area (Å²) in [6.07, 6.45) is 2.33. The maximum absolute atomic E-state index is 12.6. The van der Waals surface area contributed by atoms with Gasteiger partial charge in [-0.3, -0.25) is 4.79 Å². The Kier molecular flexibility index (Phi) is 2.90. The summed E-state index contributed by atoms with van der Waals surface area (Å²) in [7, 11) is 0. The highest BCUT2D eigenvalue weighted by atomic mass is 19.1. The number of nitrogens with zero attached hydrogens (tertiary/aromatic N) is 2. The molecule has 0 N–H and O–H groups in total. The van der Waals surface area contributed by atoms with E-state index in [9.17, 15) is 9.18 Å². The van der Waals surface area contributed by atoms with Crippen LogP contribution >= 0.6 is 0 Å². The number of amides is 1. The Balaban J connectivity index is 2.16. The molecule has 0 radical (unpaired) electrons. The number of carbonyl (C=O) groups excluding carboxylic acids is 1. The molecule has 2 heterocycles. The minimum atomic E-state index is -0.556. The maximum Gasteiger partial charge on any atom is 0.255 e. The van der Waals surface area contributed by atoms with Gasteiger partial charge >= 0.3 is 0 Å². The summed E-state index contributed by atoms with van der Waals surface area (Å²) in [6.45, 7) is 4.95. The average molecular weight is 222 g/mol. The average Bonchev–Trinajstić information content (AvgIpc) is 2.58. The number of hydrogen-bond donors (Lipinski definition) is 0. The molecule has 0 aromatic carbocycles. The van der Waals surface area contributed by atoms with Crippen LogP contribution in [0.25, 0.3) is 0 Å². The predicted octanol–water partition coefficient (Wildman–Crippen LogP) is 2.09. The van der Waals surface area contributed by atoms with Gasteiger partial charge in [0.25, 0.3) is 5.91 Å². The quantitative estimate of drug-likeness (QED) is 0.682. The van der Waals surface area contributed by atoms with Crippen LogP contribution in [0, 0.1) is 11.9 Å². The molecule has 0 saturated carbocycles. The molecule has 1 aliphatic heterocycles. The van der Waals surface area contributed by atoms with Gasteiger partial charge in [0, 0.05) is 18.8 Å². The summed E-state index contributed by atoms with van der Waals surface area (Å²) in [5, 5.41) is 0. The van der Waals surface area contributed by atoms with Crippen LogP contribution in [0.2, 0.25) is 0 Å². The first-order chi connectivity index (χ1) is 7.58. The first kappa shape index (κ1) is 11.0. The molecule has 4 heteroatoms. The Morgan fingerprint density at radius 3 is 2.75 bits per heavy atom. The van der Waals surface area contributed by atoms with Crippen LogP contribution in [0.4, 0.5) is 4.39 Å². The topological polar surface area (TPSA) is 33.2 Å². The van der Waals surface area contributed by atoms with Crippen LogP contribution in [-0.4, -0.2) is 28.4 Å². The molecule has 16 heavy (non-hydrogen) atoms. The molecule has 1 aromatic rings. The zero-order valence-corrected chi connectivity index (χ0v) is 9.48. The van der Waals surface area contributed by atoms with Crippen molar-refractivity contribution >= 4 is 5.91 Å². The van der Waals surface area contributed by atoms with Crippen LogP contribution in [0.15, 0.2) is 18.3 Å². The molecule has 1 saturated heterocycles. The zero-order chi connectivity index (χ0) is 11.7. The Morgan fingerprint density at radius 2 is 2.25 bits per heavy atom. The monoisotopic (exact) mass is 222 g/mol. The summed E-state index contributed by atoms with van der Waals surface area (Å²) in [5.74, 6) is -0.0731. The van der Waals surface area contributed by atoms with E-state index < -0.39 is 5.95 Å². The SMILES string of the molecule is CC1CC(C)N(C(=O)c2ccc(F)nc2)C1. The molecule has 1 fully saturated rings. The molecule has 2 atom stereocenters. The van der Waals surface area contributed by atoms with Gasteiger partial charge < -0.3 is 4.90 Å². The predicted molar refractivity (Wildman–Crippen MR) is 58.5 cm³/mol. The minimum Gasteiger partial charge on any atom is -0.336 e. The van der Waals surface area contributed by atoms with Gasteiger partial charge in [-0.2, -0.15) is 4.39 Å². The Bertz CT molecular complexity index is 391. The van der Waals surface area contributed by atoms with Crippen molar-refractivity contribution in [2.24, 2.45) is 5.92 Å². The van der Waals surface area contributed by atoms with Gasteiger partial charge in [-0.05, 0) is 31.4 Å². The lowest BCUT2D eigenvalue weighted by atomic mass is 10.1. The highest BCUT2D eigenvalue weighted by molar-refractivity contribution is 5.94. The first-order valence-corrected chi connectivity index (χ1v) is 5.50. The highest BCUT2D eigenvalue weighted by Gasteiger charge is 2.30. The summed E-state index contributed by atoms with van der Waals surface area (Å²) in [4.78, 5) is 17.4. The fourth-order valence-corrected chi connectivity index (χ4v) is 2.25. The normalized spacial score (nSPS) is 24.8. The van der Waals surface area contributed by atoms with Crippen molar-refractivity contribution in [3.63, 3.8) is 0 Å². The molecule has 1 aliphatic rings.